The second-order valence-corrected chi connectivity index (χ2v) is 4.37. The molecule has 0 radical (unpaired) electrons. The Morgan fingerprint density at radius 3 is 2.44 bits per heavy atom. The smallest absolute Gasteiger partial charge is 0.227 e. The highest BCUT2D eigenvalue weighted by Gasteiger charge is 2.28. The summed E-state index contributed by atoms with van der Waals surface area (Å²) in [6, 6.07) is 3.79. The number of hydrogen-bond donors (Lipinski definition) is 1. The maximum Gasteiger partial charge on any atom is 0.227 e. The minimum absolute atomic E-state index is 0.145. The lowest BCUT2D eigenvalue weighted by molar-refractivity contribution is -0.133. The van der Waals surface area contributed by atoms with Gasteiger partial charge in [-0.2, -0.15) is 0 Å². The average Bonchev–Trinajstić information content (AvgIpc) is 2.28. The molecule has 1 aromatic carbocycles. The van der Waals surface area contributed by atoms with E-state index in [0.717, 1.165) is 13.1 Å². The summed E-state index contributed by atoms with van der Waals surface area (Å²) in [5.41, 5.74) is -0.145. The van der Waals surface area contributed by atoms with E-state index in [1.165, 1.54) is 18.2 Å². The van der Waals surface area contributed by atoms with Gasteiger partial charge in [0.15, 0.2) is 0 Å². The topological polar surface area (TPSA) is 32.3 Å². The zero-order valence-corrected chi connectivity index (χ0v) is 10.2. The van der Waals surface area contributed by atoms with Gasteiger partial charge in [0, 0.05) is 25.2 Å². The lowest BCUT2D eigenvalue weighted by Crippen LogP contribution is -2.59. The van der Waals surface area contributed by atoms with Crippen molar-refractivity contribution in [3.63, 3.8) is 0 Å². The predicted octanol–water partition coefficient (Wildman–Crippen LogP) is 1.33. The van der Waals surface area contributed by atoms with E-state index in [9.17, 15) is 13.6 Å². The molecule has 18 heavy (non-hydrogen) atoms. The minimum Gasteiger partial charge on any atom is -0.337 e. The van der Waals surface area contributed by atoms with E-state index in [-0.39, 0.29) is 23.9 Å². The number of hydrogen-bond acceptors (Lipinski definition) is 2. The van der Waals surface area contributed by atoms with Gasteiger partial charge in [0.1, 0.15) is 11.6 Å². The maximum absolute atomic E-state index is 13.5. The highest BCUT2D eigenvalue weighted by molar-refractivity contribution is 5.79. The average molecular weight is 254 g/mol. The molecule has 1 fully saturated rings. The van der Waals surface area contributed by atoms with Gasteiger partial charge in [-0.25, -0.2) is 8.78 Å². The standard InChI is InChI=1S/C13H16F2N2O/c1-2-17(9-7-16-8-9)13(18)6-10-11(14)4-3-5-12(10)15/h3-5,9,16H,2,6-8H2,1H3. The van der Waals surface area contributed by atoms with Crippen LogP contribution in [0.1, 0.15) is 12.5 Å². The van der Waals surface area contributed by atoms with Crippen molar-refractivity contribution < 1.29 is 13.6 Å². The first-order valence-electron chi connectivity index (χ1n) is 6.06. The Morgan fingerprint density at radius 2 is 2.00 bits per heavy atom. The largest absolute Gasteiger partial charge is 0.337 e. The summed E-state index contributed by atoms with van der Waals surface area (Å²) in [5, 5.41) is 3.08. The van der Waals surface area contributed by atoms with Crippen molar-refractivity contribution in [3.8, 4) is 0 Å². The quantitative estimate of drug-likeness (QED) is 0.879. The molecule has 1 heterocycles. The highest BCUT2D eigenvalue weighted by atomic mass is 19.1. The number of nitrogens with one attached hydrogen (secondary N) is 1. The van der Waals surface area contributed by atoms with Crippen LogP contribution in [0.5, 0.6) is 0 Å². The summed E-state index contributed by atoms with van der Waals surface area (Å²) in [6.45, 7) is 3.92. The normalized spacial score (nSPS) is 15.3. The van der Waals surface area contributed by atoms with Crippen LogP contribution in [-0.4, -0.2) is 36.5 Å². The fourth-order valence-electron chi connectivity index (χ4n) is 2.09. The molecule has 0 spiro atoms. The van der Waals surface area contributed by atoms with Crippen LogP contribution in [0, 0.1) is 11.6 Å². The molecule has 2 rings (SSSR count). The van der Waals surface area contributed by atoms with Crippen LogP contribution in [-0.2, 0) is 11.2 Å². The van der Waals surface area contributed by atoms with Crippen molar-refractivity contribution in [2.45, 2.75) is 19.4 Å². The fourth-order valence-corrected chi connectivity index (χ4v) is 2.09. The Balaban J connectivity index is 2.10. The number of halogens is 2. The van der Waals surface area contributed by atoms with E-state index in [2.05, 4.69) is 5.32 Å². The molecular formula is C13H16F2N2O. The zero-order valence-electron chi connectivity index (χ0n) is 10.2. The monoisotopic (exact) mass is 254 g/mol. The van der Waals surface area contributed by atoms with Crippen LogP contribution >= 0.6 is 0 Å². The van der Waals surface area contributed by atoms with Gasteiger partial charge in [-0.1, -0.05) is 6.07 Å². The summed E-state index contributed by atoms with van der Waals surface area (Å²) >= 11 is 0. The number of amides is 1. The van der Waals surface area contributed by atoms with Crippen molar-refractivity contribution in [2.75, 3.05) is 19.6 Å². The van der Waals surface area contributed by atoms with E-state index in [1.54, 1.807) is 4.90 Å². The van der Waals surface area contributed by atoms with Crippen LogP contribution in [0.2, 0.25) is 0 Å². The summed E-state index contributed by atoms with van der Waals surface area (Å²) < 4.78 is 26.9. The molecule has 0 saturated carbocycles. The second-order valence-electron chi connectivity index (χ2n) is 4.37. The van der Waals surface area contributed by atoms with Crippen LogP contribution in [0.4, 0.5) is 8.78 Å². The van der Waals surface area contributed by atoms with Crippen LogP contribution in [0.3, 0.4) is 0 Å². The molecule has 0 aliphatic carbocycles. The lowest BCUT2D eigenvalue weighted by Gasteiger charge is -2.37. The molecule has 0 bridgehead atoms. The van der Waals surface area contributed by atoms with Gasteiger partial charge in [-0.05, 0) is 19.1 Å². The maximum atomic E-state index is 13.5. The molecule has 3 nitrogen and oxygen atoms in total. The minimum atomic E-state index is -0.661. The lowest BCUT2D eigenvalue weighted by atomic mass is 10.1. The summed E-state index contributed by atoms with van der Waals surface area (Å²) in [4.78, 5) is 13.7. The van der Waals surface area contributed by atoms with E-state index < -0.39 is 11.6 Å². The molecule has 0 aromatic heterocycles. The summed E-state index contributed by atoms with van der Waals surface area (Å²) in [5.74, 6) is -1.55. The molecule has 1 saturated heterocycles. The SMILES string of the molecule is CCN(C(=O)Cc1c(F)cccc1F)C1CNC1. The Morgan fingerprint density at radius 1 is 1.39 bits per heavy atom. The molecular weight excluding hydrogens is 238 g/mol. The van der Waals surface area contributed by atoms with Crippen molar-refractivity contribution in [2.24, 2.45) is 0 Å². The number of likely N-dealkylation sites (N-methyl/N-ethyl adjacent to an activating group) is 1. The Kier molecular flexibility index (Phi) is 3.91. The van der Waals surface area contributed by atoms with Gasteiger partial charge in [0.25, 0.3) is 0 Å². The summed E-state index contributed by atoms with van der Waals surface area (Å²) in [6.07, 6.45) is -0.219. The van der Waals surface area contributed by atoms with E-state index >= 15 is 0 Å². The van der Waals surface area contributed by atoms with Gasteiger partial charge in [-0.3, -0.25) is 4.79 Å². The van der Waals surface area contributed by atoms with Crippen LogP contribution in [0.25, 0.3) is 0 Å². The molecule has 98 valence electrons. The van der Waals surface area contributed by atoms with E-state index in [4.69, 9.17) is 0 Å². The first-order valence-corrected chi connectivity index (χ1v) is 6.06. The molecule has 1 aliphatic heterocycles. The van der Waals surface area contributed by atoms with Gasteiger partial charge >= 0.3 is 0 Å². The molecule has 0 unspecified atom stereocenters. The highest BCUT2D eigenvalue weighted by Crippen LogP contribution is 2.15. The number of carbonyl (C=O) groups excluding carboxylic acids is 1. The number of carbonyl (C=O) groups is 1. The van der Waals surface area contributed by atoms with Crippen LogP contribution in [0.15, 0.2) is 18.2 Å². The Hall–Kier alpha value is -1.49. The number of rotatable bonds is 4. The van der Waals surface area contributed by atoms with Crippen molar-refractivity contribution in [3.05, 3.63) is 35.4 Å². The molecule has 1 aromatic rings. The number of benzene rings is 1. The van der Waals surface area contributed by atoms with E-state index in [0.29, 0.717) is 6.54 Å². The van der Waals surface area contributed by atoms with Gasteiger partial charge < -0.3 is 10.2 Å². The molecule has 1 aliphatic rings. The fraction of sp³-hybridized carbons (Fsp3) is 0.462. The third-order valence-corrected chi connectivity index (χ3v) is 3.25. The van der Waals surface area contributed by atoms with E-state index in [1.807, 2.05) is 6.92 Å². The Labute approximate surface area is 105 Å². The molecule has 1 N–H and O–H groups in total. The first kappa shape index (κ1) is 13.0. The molecule has 1 amide bonds. The zero-order chi connectivity index (χ0) is 13.1. The predicted molar refractivity (Wildman–Crippen MR) is 64.1 cm³/mol. The van der Waals surface area contributed by atoms with Crippen LogP contribution < -0.4 is 5.32 Å². The first-order chi connectivity index (χ1) is 8.63. The summed E-state index contributed by atoms with van der Waals surface area (Å²) in [7, 11) is 0. The van der Waals surface area contributed by atoms with Gasteiger partial charge in [0.2, 0.25) is 5.91 Å². The molecule has 0 atom stereocenters. The van der Waals surface area contributed by atoms with Crippen molar-refractivity contribution >= 4 is 5.91 Å². The number of nitrogens with zero attached hydrogens (tertiary/aromatic N) is 1. The second kappa shape index (κ2) is 5.44. The van der Waals surface area contributed by atoms with Gasteiger partial charge in [-0.15, -0.1) is 0 Å². The molecule has 5 heteroatoms. The van der Waals surface area contributed by atoms with Gasteiger partial charge in [0.05, 0.1) is 12.5 Å². The Bertz CT molecular complexity index is 426. The third-order valence-electron chi connectivity index (χ3n) is 3.25. The van der Waals surface area contributed by atoms with Crippen molar-refractivity contribution in [1.82, 2.24) is 10.2 Å². The third kappa shape index (κ3) is 2.51. The van der Waals surface area contributed by atoms with Crippen molar-refractivity contribution in [1.29, 1.82) is 0 Å².